The second-order valence-corrected chi connectivity index (χ2v) is 6.95. The summed E-state index contributed by atoms with van der Waals surface area (Å²) in [5.74, 6) is 1.45. The number of hydrogen-bond acceptors (Lipinski definition) is 8. The van der Waals surface area contributed by atoms with E-state index in [2.05, 4.69) is 15.0 Å². The maximum atomic E-state index is 11.0. The molecule has 0 saturated carbocycles. The van der Waals surface area contributed by atoms with Crippen molar-refractivity contribution in [1.82, 2.24) is 15.0 Å². The van der Waals surface area contributed by atoms with Crippen molar-refractivity contribution >= 4 is 5.69 Å². The van der Waals surface area contributed by atoms with Crippen molar-refractivity contribution in [2.45, 2.75) is 25.1 Å². The number of nitro benzene ring substituents is 1. The number of aliphatic hydroxyl groups excluding tert-OH is 1. The predicted octanol–water partition coefficient (Wildman–Crippen LogP) is 2.96. The summed E-state index contributed by atoms with van der Waals surface area (Å²) in [6.07, 6.45) is -0.0152. The smallest absolute Gasteiger partial charge is 0.270 e. The van der Waals surface area contributed by atoms with Crippen LogP contribution in [0.3, 0.4) is 0 Å². The van der Waals surface area contributed by atoms with E-state index in [0.717, 1.165) is 11.3 Å². The minimum absolute atomic E-state index is 0.0359. The van der Waals surface area contributed by atoms with Crippen LogP contribution in [0.15, 0.2) is 53.1 Å². The first-order valence-electron chi connectivity index (χ1n) is 9.17. The fourth-order valence-electron chi connectivity index (χ4n) is 3.52. The zero-order chi connectivity index (χ0) is 20.4. The molecule has 1 aliphatic rings. The predicted molar refractivity (Wildman–Crippen MR) is 103 cm³/mol. The van der Waals surface area contributed by atoms with E-state index in [1.54, 1.807) is 19.2 Å². The van der Waals surface area contributed by atoms with E-state index in [4.69, 9.17) is 9.26 Å². The van der Waals surface area contributed by atoms with Crippen LogP contribution >= 0.6 is 0 Å². The van der Waals surface area contributed by atoms with Gasteiger partial charge in [-0.3, -0.25) is 15.0 Å². The highest BCUT2D eigenvalue weighted by Crippen LogP contribution is 2.34. The number of nitrogens with zero attached hydrogens (tertiary/aromatic N) is 4. The summed E-state index contributed by atoms with van der Waals surface area (Å²) in [6, 6.07) is 13.6. The first-order valence-corrected chi connectivity index (χ1v) is 9.17. The van der Waals surface area contributed by atoms with E-state index >= 15 is 0 Å². The Kier molecular flexibility index (Phi) is 5.24. The van der Waals surface area contributed by atoms with Crippen LogP contribution in [0.5, 0.6) is 5.75 Å². The number of aliphatic hydroxyl groups is 1. The van der Waals surface area contributed by atoms with Gasteiger partial charge in [0.2, 0.25) is 11.7 Å². The van der Waals surface area contributed by atoms with Gasteiger partial charge in [-0.15, -0.1) is 0 Å². The highest BCUT2D eigenvalue weighted by Gasteiger charge is 2.36. The van der Waals surface area contributed by atoms with E-state index < -0.39 is 11.0 Å². The first kappa shape index (κ1) is 19.0. The third-order valence-electron chi connectivity index (χ3n) is 4.97. The van der Waals surface area contributed by atoms with Gasteiger partial charge in [-0.2, -0.15) is 4.98 Å². The summed E-state index contributed by atoms with van der Waals surface area (Å²) >= 11 is 0. The maximum absolute atomic E-state index is 11.0. The van der Waals surface area contributed by atoms with Gasteiger partial charge in [0.25, 0.3) is 5.69 Å². The van der Waals surface area contributed by atoms with E-state index in [0.29, 0.717) is 31.0 Å². The van der Waals surface area contributed by atoms with E-state index in [-0.39, 0.29) is 17.6 Å². The van der Waals surface area contributed by atoms with Gasteiger partial charge in [-0.05, 0) is 24.1 Å². The molecule has 1 fully saturated rings. The van der Waals surface area contributed by atoms with Crippen molar-refractivity contribution in [3.05, 3.63) is 70.1 Å². The third-order valence-corrected chi connectivity index (χ3v) is 4.97. The highest BCUT2D eigenvalue weighted by molar-refractivity contribution is 5.58. The lowest BCUT2D eigenvalue weighted by molar-refractivity contribution is -0.384. The van der Waals surface area contributed by atoms with Gasteiger partial charge in [-0.25, -0.2) is 0 Å². The molecule has 2 aromatic carbocycles. The molecule has 150 valence electrons. The van der Waals surface area contributed by atoms with E-state index in [1.807, 2.05) is 24.3 Å². The Labute approximate surface area is 166 Å². The minimum atomic E-state index is -0.494. The van der Waals surface area contributed by atoms with Gasteiger partial charge in [0.1, 0.15) is 5.75 Å². The van der Waals surface area contributed by atoms with Crippen LogP contribution in [-0.2, 0) is 6.54 Å². The summed E-state index contributed by atoms with van der Waals surface area (Å²) in [4.78, 5) is 17.1. The fourth-order valence-corrected chi connectivity index (χ4v) is 3.52. The Morgan fingerprint density at radius 2 is 2.10 bits per heavy atom. The van der Waals surface area contributed by atoms with Gasteiger partial charge in [-0.1, -0.05) is 29.4 Å². The number of benzene rings is 2. The molecule has 1 aliphatic heterocycles. The molecule has 0 aliphatic carbocycles. The molecule has 1 saturated heterocycles. The van der Waals surface area contributed by atoms with Crippen molar-refractivity contribution in [3.8, 4) is 17.1 Å². The molecule has 0 unspecified atom stereocenters. The van der Waals surface area contributed by atoms with Gasteiger partial charge in [0.05, 0.1) is 24.2 Å². The number of β-amino-alcohol motifs (C(OH)–C–C–N with tert-alkyl or cyclic N) is 1. The third kappa shape index (κ3) is 4.10. The van der Waals surface area contributed by atoms with Crippen molar-refractivity contribution in [2.24, 2.45) is 0 Å². The summed E-state index contributed by atoms with van der Waals surface area (Å²) < 4.78 is 10.6. The van der Waals surface area contributed by atoms with Crippen molar-refractivity contribution < 1.29 is 19.3 Å². The van der Waals surface area contributed by atoms with Gasteiger partial charge in [0.15, 0.2) is 0 Å². The van der Waals surface area contributed by atoms with Crippen molar-refractivity contribution in [3.63, 3.8) is 0 Å². The van der Waals surface area contributed by atoms with Crippen LogP contribution < -0.4 is 4.74 Å². The average Bonchev–Trinajstić information content (AvgIpc) is 3.35. The van der Waals surface area contributed by atoms with Gasteiger partial charge < -0.3 is 14.4 Å². The molecule has 1 N–H and O–H groups in total. The highest BCUT2D eigenvalue weighted by atomic mass is 16.6. The number of aromatic nitrogens is 2. The Morgan fingerprint density at radius 1 is 1.31 bits per heavy atom. The standard InChI is InChI=1S/C20H20N4O5/c1-28-17-7-5-13(6-8-17)11-23-12-16(25)10-18(23)20-21-19(22-29-20)14-3-2-4-15(9-14)24(26)27/h2-9,16,18,25H,10-12H2,1H3/t16-,18+/m1/s1. The molecule has 9 heteroatoms. The molecule has 4 rings (SSSR count). The molecule has 0 spiro atoms. The second-order valence-electron chi connectivity index (χ2n) is 6.95. The molecule has 3 aromatic rings. The SMILES string of the molecule is COc1ccc(CN2C[C@H](O)C[C@H]2c2nc(-c3cccc([N+](=O)[O-])c3)no2)cc1. The van der Waals surface area contributed by atoms with Crippen LogP contribution in [0, 0.1) is 10.1 Å². The Morgan fingerprint density at radius 3 is 2.83 bits per heavy atom. The molecule has 0 bridgehead atoms. The van der Waals surface area contributed by atoms with Crippen LogP contribution in [0.1, 0.15) is 23.9 Å². The first-order chi connectivity index (χ1) is 14.0. The molecule has 2 heterocycles. The lowest BCUT2D eigenvalue weighted by Crippen LogP contribution is -2.24. The molecule has 2 atom stereocenters. The number of methoxy groups -OCH3 is 1. The fraction of sp³-hybridized carbons (Fsp3) is 0.300. The number of likely N-dealkylation sites (tertiary alicyclic amines) is 1. The molecular formula is C20H20N4O5. The largest absolute Gasteiger partial charge is 0.497 e. The normalized spacial score (nSPS) is 19.4. The van der Waals surface area contributed by atoms with Crippen LogP contribution in [0.2, 0.25) is 0 Å². The van der Waals surface area contributed by atoms with E-state index in [9.17, 15) is 15.2 Å². The maximum Gasteiger partial charge on any atom is 0.270 e. The monoisotopic (exact) mass is 396 g/mol. The average molecular weight is 396 g/mol. The summed E-state index contributed by atoms with van der Waals surface area (Å²) in [6.45, 7) is 1.10. The number of hydrogen-bond donors (Lipinski definition) is 1. The number of rotatable bonds is 6. The second kappa shape index (κ2) is 7.98. The molecule has 1 aromatic heterocycles. The van der Waals surface area contributed by atoms with Gasteiger partial charge in [0, 0.05) is 30.8 Å². The number of non-ortho nitro benzene ring substituents is 1. The quantitative estimate of drug-likeness (QED) is 0.499. The number of ether oxygens (including phenoxy) is 1. The summed E-state index contributed by atoms with van der Waals surface area (Å²) in [7, 11) is 1.62. The van der Waals surface area contributed by atoms with Crippen LogP contribution in [0.4, 0.5) is 5.69 Å². The number of nitro groups is 1. The molecule has 0 radical (unpaired) electrons. The van der Waals surface area contributed by atoms with Crippen molar-refractivity contribution in [1.29, 1.82) is 0 Å². The van der Waals surface area contributed by atoms with Gasteiger partial charge >= 0.3 is 0 Å². The topological polar surface area (TPSA) is 115 Å². The summed E-state index contributed by atoms with van der Waals surface area (Å²) in [5, 5.41) is 25.2. The Bertz CT molecular complexity index is 1000. The molecular weight excluding hydrogens is 376 g/mol. The molecule has 29 heavy (non-hydrogen) atoms. The zero-order valence-electron chi connectivity index (χ0n) is 15.8. The lowest BCUT2D eigenvalue weighted by Gasteiger charge is -2.21. The Balaban J connectivity index is 1.55. The molecule has 9 nitrogen and oxygen atoms in total. The zero-order valence-corrected chi connectivity index (χ0v) is 15.8. The minimum Gasteiger partial charge on any atom is -0.497 e. The van der Waals surface area contributed by atoms with Crippen LogP contribution in [-0.4, -0.2) is 44.8 Å². The van der Waals surface area contributed by atoms with Crippen molar-refractivity contribution in [2.75, 3.05) is 13.7 Å². The van der Waals surface area contributed by atoms with Crippen LogP contribution in [0.25, 0.3) is 11.4 Å². The lowest BCUT2D eigenvalue weighted by atomic mass is 10.1. The van der Waals surface area contributed by atoms with E-state index in [1.165, 1.54) is 12.1 Å². The molecule has 0 amide bonds. The summed E-state index contributed by atoms with van der Waals surface area (Å²) in [5.41, 5.74) is 1.55. The Hall–Kier alpha value is -3.30.